The van der Waals surface area contributed by atoms with Crippen LogP contribution in [0.4, 0.5) is 23.0 Å². The maximum Gasteiger partial charge on any atom is 0.159 e. The molecular weight excluding hydrogens is 300 g/mol. The van der Waals surface area contributed by atoms with E-state index in [2.05, 4.69) is 32.1 Å². The fraction of sp³-hybridized carbons (Fsp3) is 0.278. The van der Waals surface area contributed by atoms with Crippen molar-refractivity contribution in [2.24, 2.45) is 0 Å². The van der Waals surface area contributed by atoms with Gasteiger partial charge in [-0.25, -0.2) is 9.97 Å². The van der Waals surface area contributed by atoms with Crippen molar-refractivity contribution in [2.45, 2.75) is 19.8 Å². The average molecular weight is 322 g/mol. The van der Waals surface area contributed by atoms with Gasteiger partial charge in [0.15, 0.2) is 11.6 Å². The van der Waals surface area contributed by atoms with E-state index >= 15 is 0 Å². The summed E-state index contributed by atoms with van der Waals surface area (Å²) in [4.78, 5) is 15.1. The van der Waals surface area contributed by atoms with E-state index in [0.29, 0.717) is 11.5 Å². The maximum atomic E-state index is 6.30. The average Bonchev–Trinajstić information content (AvgIpc) is 2.61. The predicted molar refractivity (Wildman–Crippen MR) is 99.6 cm³/mol. The second-order valence-corrected chi connectivity index (χ2v) is 5.74. The molecule has 0 saturated carbocycles. The number of para-hydroxylation sites is 1. The normalized spacial score (nSPS) is 10.8. The third-order valence-electron chi connectivity index (χ3n) is 3.96. The van der Waals surface area contributed by atoms with Gasteiger partial charge in [0.25, 0.3) is 0 Å². The Labute approximate surface area is 141 Å². The van der Waals surface area contributed by atoms with Crippen LogP contribution in [-0.2, 0) is 0 Å². The molecule has 0 amide bonds. The van der Waals surface area contributed by atoms with Gasteiger partial charge in [-0.15, -0.1) is 0 Å². The Kier molecular flexibility index (Phi) is 4.74. The Morgan fingerprint density at radius 1 is 1.12 bits per heavy atom. The number of pyridine rings is 1. The predicted octanol–water partition coefficient (Wildman–Crippen LogP) is 3.59. The number of hydrogen-bond donors (Lipinski definition) is 2. The largest absolute Gasteiger partial charge is 0.393 e. The van der Waals surface area contributed by atoms with Crippen molar-refractivity contribution in [1.82, 2.24) is 15.0 Å². The Balaban J connectivity index is 1.92. The molecule has 3 N–H and O–H groups in total. The minimum atomic E-state index is 0.545. The summed E-state index contributed by atoms with van der Waals surface area (Å²) < 4.78 is 0. The molecule has 0 spiro atoms. The third-order valence-corrected chi connectivity index (χ3v) is 3.96. The number of aromatic nitrogens is 3. The first-order chi connectivity index (χ1) is 11.7. The molecule has 0 fully saturated rings. The Morgan fingerprint density at radius 3 is 2.79 bits per heavy atom. The van der Waals surface area contributed by atoms with E-state index in [9.17, 15) is 0 Å². The topological polar surface area (TPSA) is 80.0 Å². The highest BCUT2D eigenvalue weighted by Gasteiger charge is 2.13. The lowest BCUT2D eigenvalue weighted by Crippen LogP contribution is -2.21. The van der Waals surface area contributed by atoms with Gasteiger partial charge in [-0.2, -0.15) is 0 Å². The zero-order chi connectivity index (χ0) is 16.9. The minimum absolute atomic E-state index is 0.545. The van der Waals surface area contributed by atoms with Crippen LogP contribution in [0.5, 0.6) is 0 Å². The van der Waals surface area contributed by atoms with Crippen molar-refractivity contribution in [3.8, 4) is 0 Å². The number of nitrogen functional groups attached to an aromatic ring is 1. The summed E-state index contributed by atoms with van der Waals surface area (Å²) in [7, 11) is 2.00. The SMILES string of the molecule is CCCCN(C)c1ncnc(Nc2cccc3cccnc23)c1N. The molecule has 0 aliphatic heterocycles. The van der Waals surface area contributed by atoms with E-state index in [1.807, 2.05) is 37.4 Å². The van der Waals surface area contributed by atoms with Crippen LogP contribution in [0.25, 0.3) is 10.9 Å². The molecule has 0 bridgehead atoms. The summed E-state index contributed by atoms with van der Waals surface area (Å²) in [6, 6.07) is 9.93. The summed E-state index contributed by atoms with van der Waals surface area (Å²) in [6.07, 6.45) is 5.54. The van der Waals surface area contributed by atoms with Gasteiger partial charge >= 0.3 is 0 Å². The number of nitrogens with one attached hydrogen (secondary N) is 1. The zero-order valence-corrected chi connectivity index (χ0v) is 14.0. The highest BCUT2D eigenvalue weighted by atomic mass is 15.2. The van der Waals surface area contributed by atoms with Crippen molar-refractivity contribution in [3.63, 3.8) is 0 Å². The molecule has 0 aliphatic carbocycles. The van der Waals surface area contributed by atoms with E-state index in [0.717, 1.165) is 41.8 Å². The number of nitrogens with two attached hydrogens (primary N) is 1. The molecule has 24 heavy (non-hydrogen) atoms. The molecule has 0 unspecified atom stereocenters. The molecule has 2 heterocycles. The molecule has 6 nitrogen and oxygen atoms in total. The summed E-state index contributed by atoms with van der Waals surface area (Å²) in [5, 5.41) is 4.37. The van der Waals surface area contributed by atoms with Crippen LogP contribution in [0.15, 0.2) is 42.9 Å². The summed E-state index contributed by atoms with van der Waals surface area (Å²) in [5.74, 6) is 1.34. The van der Waals surface area contributed by atoms with Crippen LogP contribution in [0, 0.1) is 0 Å². The number of nitrogens with zero attached hydrogens (tertiary/aromatic N) is 4. The first-order valence-electron chi connectivity index (χ1n) is 8.13. The van der Waals surface area contributed by atoms with E-state index < -0.39 is 0 Å². The van der Waals surface area contributed by atoms with Gasteiger partial charge in [-0.3, -0.25) is 4.98 Å². The Morgan fingerprint density at radius 2 is 1.96 bits per heavy atom. The van der Waals surface area contributed by atoms with E-state index in [-0.39, 0.29) is 0 Å². The first kappa shape index (κ1) is 16.0. The van der Waals surface area contributed by atoms with Gasteiger partial charge in [-0.05, 0) is 18.6 Å². The Bertz CT molecular complexity index is 827. The van der Waals surface area contributed by atoms with Crippen molar-refractivity contribution >= 4 is 33.9 Å². The standard InChI is InChI=1S/C18H22N6/c1-3-4-11-24(2)18-15(19)17(21-12-22-18)23-14-9-5-7-13-8-6-10-20-16(13)14/h5-10,12H,3-4,11,19H2,1-2H3,(H,21,22,23). The number of benzene rings is 1. The van der Waals surface area contributed by atoms with E-state index in [4.69, 9.17) is 5.73 Å². The van der Waals surface area contributed by atoms with E-state index in [1.54, 1.807) is 6.20 Å². The summed E-state index contributed by atoms with van der Waals surface area (Å²) >= 11 is 0. The first-order valence-corrected chi connectivity index (χ1v) is 8.13. The Hall–Kier alpha value is -2.89. The number of hydrogen-bond acceptors (Lipinski definition) is 6. The number of anilines is 4. The fourth-order valence-corrected chi connectivity index (χ4v) is 2.62. The molecule has 0 saturated heterocycles. The monoisotopic (exact) mass is 322 g/mol. The number of rotatable bonds is 6. The summed E-state index contributed by atoms with van der Waals surface area (Å²) in [6.45, 7) is 3.07. The molecule has 3 rings (SSSR count). The molecule has 124 valence electrons. The zero-order valence-electron chi connectivity index (χ0n) is 14.0. The summed E-state index contributed by atoms with van der Waals surface area (Å²) in [5.41, 5.74) is 8.61. The van der Waals surface area contributed by atoms with Crippen LogP contribution in [0.3, 0.4) is 0 Å². The molecule has 6 heteroatoms. The van der Waals surface area contributed by atoms with Gasteiger partial charge in [0, 0.05) is 25.2 Å². The van der Waals surface area contributed by atoms with Gasteiger partial charge in [-0.1, -0.05) is 31.5 Å². The van der Waals surface area contributed by atoms with Crippen LogP contribution >= 0.6 is 0 Å². The minimum Gasteiger partial charge on any atom is -0.393 e. The molecule has 2 aromatic heterocycles. The van der Waals surface area contributed by atoms with Gasteiger partial charge in [0.1, 0.15) is 12.0 Å². The molecule has 0 radical (unpaired) electrons. The molecule has 0 aliphatic rings. The van der Waals surface area contributed by atoms with Gasteiger partial charge in [0.05, 0.1) is 11.2 Å². The lowest BCUT2D eigenvalue weighted by atomic mass is 10.2. The van der Waals surface area contributed by atoms with Crippen molar-refractivity contribution in [2.75, 3.05) is 29.5 Å². The van der Waals surface area contributed by atoms with E-state index in [1.165, 1.54) is 6.33 Å². The van der Waals surface area contributed by atoms with Crippen LogP contribution < -0.4 is 16.0 Å². The number of fused-ring (bicyclic) bond motifs is 1. The number of unbranched alkanes of at least 4 members (excludes halogenated alkanes) is 1. The van der Waals surface area contributed by atoms with Gasteiger partial charge < -0.3 is 16.0 Å². The van der Waals surface area contributed by atoms with Crippen LogP contribution in [0.1, 0.15) is 19.8 Å². The molecule has 1 aromatic carbocycles. The maximum absolute atomic E-state index is 6.30. The third kappa shape index (κ3) is 3.22. The smallest absolute Gasteiger partial charge is 0.159 e. The molecular formula is C18H22N6. The second kappa shape index (κ2) is 7.12. The highest BCUT2D eigenvalue weighted by molar-refractivity contribution is 5.93. The molecule has 3 aromatic rings. The highest BCUT2D eigenvalue weighted by Crippen LogP contribution is 2.30. The molecule has 0 atom stereocenters. The van der Waals surface area contributed by atoms with Crippen molar-refractivity contribution < 1.29 is 0 Å². The van der Waals surface area contributed by atoms with Crippen molar-refractivity contribution in [3.05, 3.63) is 42.9 Å². The lowest BCUT2D eigenvalue weighted by molar-refractivity contribution is 0.759. The van der Waals surface area contributed by atoms with Crippen LogP contribution in [-0.4, -0.2) is 28.5 Å². The second-order valence-electron chi connectivity index (χ2n) is 5.74. The quantitative estimate of drug-likeness (QED) is 0.722. The lowest BCUT2D eigenvalue weighted by Gasteiger charge is -2.20. The fourth-order valence-electron chi connectivity index (χ4n) is 2.62. The van der Waals surface area contributed by atoms with Crippen LogP contribution in [0.2, 0.25) is 0 Å². The van der Waals surface area contributed by atoms with Crippen molar-refractivity contribution in [1.29, 1.82) is 0 Å². The van der Waals surface area contributed by atoms with Gasteiger partial charge in [0.2, 0.25) is 0 Å².